The van der Waals surface area contributed by atoms with Crippen molar-refractivity contribution < 1.29 is 4.84 Å². The average molecular weight is 275 g/mol. The normalized spacial score (nSPS) is 17.9. The quantitative estimate of drug-likeness (QED) is 0.642. The van der Waals surface area contributed by atoms with Gasteiger partial charge in [0, 0.05) is 18.5 Å². The summed E-state index contributed by atoms with van der Waals surface area (Å²) in [4.78, 5) is 5.91. The third-order valence-electron chi connectivity index (χ3n) is 4.40. The van der Waals surface area contributed by atoms with E-state index >= 15 is 0 Å². The van der Waals surface area contributed by atoms with Crippen molar-refractivity contribution in [3.8, 4) is 0 Å². The van der Waals surface area contributed by atoms with E-state index in [1.165, 1.54) is 44.1 Å². The zero-order chi connectivity index (χ0) is 14.3. The minimum atomic E-state index is 0.544. The Balaban J connectivity index is 1.74. The lowest BCUT2D eigenvalue weighted by Crippen LogP contribution is -2.55. The zero-order valence-electron chi connectivity index (χ0n) is 13.1. The minimum Gasteiger partial charge on any atom is -0.294 e. The van der Waals surface area contributed by atoms with Crippen molar-refractivity contribution in [1.82, 2.24) is 5.06 Å². The predicted molar refractivity (Wildman–Crippen MR) is 84.3 cm³/mol. The first kappa shape index (κ1) is 15.5. The Hall–Kier alpha value is -0.860. The van der Waals surface area contributed by atoms with Crippen molar-refractivity contribution in [2.24, 2.45) is 5.41 Å². The molecule has 112 valence electrons. The van der Waals surface area contributed by atoms with Crippen LogP contribution in [0.3, 0.4) is 0 Å². The average Bonchev–Trinajstić information content (AvgIpc) is 2.45. The molecule has 1 aliphatic heterocycles. The van der Waals surface area contributed by atoms with Crippen LogP contribution in [-0.2, 0) is 11.4 Å². The fraction of sp³-hybridized carbons (Fsp3) is 0.667. The lowest BCUT2D eigenvalue weighted by molar-refractivity contribution is -0.261. The highest BCUT2D eigenvalue weighted by Crippen LogP contribution is 2.40. The highest BCUT2D eigenvalue weighted by Gasteiger charge is 2.42. The van der Waals surface area contributed by atoms with E-state index in [9.17, 15) is 0 Å². The summed E-state index contributed by atoms with van der Waals surface area (Å²) in [6, 6.07) is 10.4. The molecule has 0 amide bonds. The molecule has 20 heavy (non-hydrogen) atoms. The maximum Gasteiger partial charge on any atom is 0.0935 e. The van der Waals surface area contributed by atoms with Crippen LogP contribution in [0.15, 0.2) is 30.3 Å². The topological polar surface area (TPSA) is 12.5 Å². The molecule has 1 heterocycles. The van der Waals surface area contributed by atoms with Gasteiger partial charge in [0.2, 0.25) is 0 Å². The van der Waals surface area contributed by atoms with Gasteiger partial charge in [0.05, 0.1) is 6.61 Å². The van der Waals surface area contributed by atoms with Crippen LogP contribution in [0, 0.1) is 5.41 Å². The van der Waals surface area contributed by atoms with Crippen LogP contribution in [0.1, 0.15) is 57.9 Å². The summed E-state index contributed by atoms with van der Waals surface area (Å²) in [5.41, 5.74) is 1.80. The van der Waals surface area contributed by atoms with Gasteiger partial charge in [-0.25, -0.2) is 0 Å². The second kappa shape index (κ2) is 7.80. The standard InChI is InChI=1S/C18H29NO/c1-3-5-12-18(13-6-4-2)15-19(16-18)20-14-17-10-8-7-9-11-17/h7-11H,3-6,12-16H2,1-2H3. The van der Waals surface area contributed by atoms with E-state index in [0.29, 0.717) is 12.0 Å². The molecular formula is C18H29NO. The fourth-order valence-corrected chi connectivity index (χ4v) is 3.08. The summed E-state index contributed by atoms with van der Waals surface area (Å²) < 4.78 is 0. The molecule has 2 heteroatoms. The summed E-state index contributed by atoms with van der Waals surface area (Å²) >= 11 is 0. The summed E-state index contributed by atoms with van der Waals surface area (Å²) in [7, 11) is 0. The van der Waals surface area contributed by atoms with Crippen LogP contribution in [0.4, 0.5) is 0 Å². The molecule has 2 nitrogen and oxygen atoms in total. The number of unbranched alkanes of at least 4 members (excludes halogenated alkanes) is 2. The molecule has 0 aromatic heterocycles. The molecule has 1 fully saturated rings. The van der Waals surface area contributed by atoms with E-state index in [4.69, 9.17) is 4.84 Å². The van der Waals surface area contributed by atoms with Gasteiger partial charge in [-0.15, -0.1) is 0 Å². The van der Waals surface area contributed by atoms with E-state index in [1.54, 1.807) is 0 Å². The lowest BCUT2D eigenvalue weighted by atomic mass is 9.73. The highest BCUT2D eigenvalue weighted by atomic mass is 16.7. The predicted octanol–water partition coefficient (Wildman–Crippen LogP) is 4.80. The van der Waals surface area contributed by atoms with Crippen molar-refractivity contribution in [2.75, 3.05) is 13.1 Å². The van der Waals surface area contributed by atoms with Crippen LogP contribution < -0.4 is 0 Å². The van der Waals surface area contributed by atoms with Gasteiger partial charge in [0.25, 0.3) is 0 Å². The largest absolute Gasteiger partial charge is 0.294 e. The molecular weight excluding hydrogens is 246 g/mol. The van der Waals surface area contributed by atoms with Crippen molar-refractivity contribution in [1.29, 1.82) is 0 Å². The van der Waals surface area contributed by atoms with Gasteiger partial charge >= 0.3 is 0 Å². The van der Waals surface area contributed by atoms with Gasteiger partial charge in [-0.2, -0.15) is 5.06 Å². The number of rotatable bonds is 9. The van der Waals surface area contributed by atoms with Crippen molar-refractivity contribution >= 4 is 0 Å². The number of hydroxylamine groups is 2. The summed E-state index contributed by atoms with van der Waals surface area (Å²) in [5.74, 6) is 0. The molecule has 1 aromatic rings. The van der Waals surface area contributed by atoms with Crippen molar-refractivity contribution in [3.05, 3.63) is 35.9 Å². The highest BCUT2D eigenvalue weighted by molar-refractivity contribution is 5.13. The minimum absolute atomic E-state index is 0.544. The Kier molecular flexibility index (Phi) is 6.06. The van der Waals surface area contributed by atoms with Crippen LogP contribution in [0.25, 0.3) is 0 Å². The molecule has 0 unspecified atom stereocenters. The van der Waals surface area contributed by atoms with Crippen LogP contribution in [-0.4, -0.2) is 18.2 Å². The van der Waals surface area contributed by atoms with Gasteiger partial charge in [0.15, 0.2) is 0 Å². The maximum atomic E-state index is 5.91. The monoisotopic (exact) mass is 275 g/mol. The third kappa shape index (κ3) is 4.32. The van der Waals surface area contributed by atoms with Crippen LogP contribution in [0.2, 0.25) is 0 Å². The van der Waals surface area contributed by atoms with Crippen molar-refractivity contribution in [3.63, 3.8) is 0 Å². The number of nitrogens with zero attached hydrogens (tertiary/aromatic N) is 1. The van der Waals surface area contributed by atoms with E-state index < -0.39 is 0 Å². The molecule has 1 aromatic carbocycles. The maximum absolute atomic E-state index is 5.91. The molecule has 0 aliphatic carbocycles. The second-order valence-electron chi connectivity index (χ2n) is 6.26. The first-order valence-electron chi connectivity index (χ1n) is 8.20. The third-order valence-corrected chi connectivity index (χ3v) is 4.40. The van der Waals surface area contributed by atoms with Crippen LogP contribution in [0.5, 0.6) is 0 Å². The first-order valence-corrected chi connectivity index (χ1v) is 8.20. The zero-order valence-corrected chi connectivity index (χ0v) is 13.1. The van der Waals surface area contributed by atoms with Gasteiger partial charge in [-0.05, 0) is 18.4 Å². The lowest BCUT2D eigenvalue weighted by Gasteiger charge is -2.49. The first-order chi connectivity index (χ1) is 9.78. The van der Waals surface area contributed by atoms with Gasteiger partial charge in [0.1, 0.15) is 0 Å². The van der Waals surface area contributed by atoms with E-state index in [1.807, 2.05) is 6.07 Å². The Morgan fingerprint density at radius 2 is 1.60 bits per heavy atom. The smallest absolute Gasteiger partial charge is 0.0935 e. The molecule has 0 saturated carbocycles. The molecule has 1 saturated heterocycles. The molecule has 0 bridgehead atoms. The molecule has 0 radical (unpaired) electrons. The van der Waals surface area contributed by atoms with Gasteiger partial charge < -0.3 is 0 Å². The summed E-state index contributed by atoms with van der Waals surface area (Å²) in [5, 5.41) is 2.16. The van der Waals surface area contributed by atoms with Gasteiger partial charge in [-0.1, -0.05) is 69.9 Å². The van der Waals surface area contributed by atoms with E-state index in [2.05, 4.69) is 43.2 Å². The SMILES string of the molecule is CCCCC1(CCCC)CN(OCc2ccccc2)C1. The molecule has 0 N–H and O–H groups in total. The molecule has 0 atom stereocenters. The van der Waals surface area contributed by atoms with Crippen LogP contribution >= 0.6 is 0 Å². The molecule has 2 rings (SSSR count). The number of hydrogen-bond donors (Lipinski definition) is 0. The van der Waals surface area contributed by atoms with Crippen molar-refractivity contribution in [2.45, 2.75) is 59.0 Å². The summed E-state index contributed by atoms with van der Waals surface area (Å²) in [6.07, 6.45) is 8.06. The Labute approximate surface area is 124 Å². The van der Waals surface area contributed by atoms with Gasteiger partial charge in [-0.3, -0.25) is 4.84 Å². The second-order valence-corrected chi connectivity index (χ2v) is 6.26. The summed E-state index contributed by atoms with van der Waals surface area (Å²) in [6.45, 7) is 7.53. The Bertz CT molecular complexity index is 360. The Morgan fingerprint density at radius 3 is 2.15 bits per heavy atom. The Morgan fingerprint density at radius 1 is 1.00 bits per heavy atom. The van der Waals surface area contributed by atoms with E-state index in [-0.39, 0.29) is 0 Å². The van der Waals surface area contributed by atoms with E-state index in [0.717, 1.165) is 13.1 Å². The number of hydrogen-bond acceptors (Lipinski definition) is 2. The fourth-order valence-electron chi connectivity index (χ4n) is 3.08. The molecule has 1 aliphatic rings. The molecule has 0 spiro atoms. The number of benzene rings is 1.